The molecule has 2 aromatic carbocycles. The number of likely N-dealkylation sites (tertiary alicyclic amines) is 1. The maximum Gasteiger partial charge on any atom is 0.424 e. The largest absolute Gasteiger partial charge is 0.490 e. The molecule has 2 atom stereocenters. The minimum absolute atomic E-state index is 0.284. The van der Waals surface area contributed by atoms with Gasteiger partial charge < -0.3 is 18.8 Å². The number of para-hydroxylation sites is 2. The highest BCUT2D eigenvalue weighted by Crippen LogP contribution is 2.33. The number of ether oxygens (including phenoxy) is 2. The van der Waals surface area contributed by atoms with Crippen LogP contribution in [0.3, 0.4) is 0 Å². The number of rotatable bonds is 3. The fraction of sp³-hybridized carbons (Fsp3) is 0.381. The number of quaternary nitrogens is 1. The highest BCUT2D eigenvalue weighted by atomic mass is 16.5. The highest BCUT2D eigenvalue weighted by Gasteiger charge is 2.32. The van der Waals surface area contributed by atoms with Crippen LogP contribution >= 0.6 is 0 Å². The van der Waals surface area contributed by atoms with Crippen LogP contribution < -0.4 is 20.1 Å². The first kappa shape index (κ1) is 16.4. The molecule has 1 fully saturated rings. The van der Waals surface area contributed by atoms with Crippen LogP contribution in [0, 0.1) is 0 Å². The summed E-state index contributed by atoms with van der Waals surface area (Å²) in [4.78, 5) is 13.7. The Labute approximate surface area is 156 Å². The summed E-state index contributed by atoms with van der Waals surface area (Å²) in [6.07, 6.45) is 3.14. The van der Waals surface area contributed by atoms with E-state index in [1.165, 1.54) is 10.5 Å². The van der Waals surface area contributed by atoms with E-state index in [4.69, 9.17) is 13.9 Å². The normalized spacial score (nSPS) is 22.1. The molecule has 0 bridgehead atoms. The van der Waals surface area contributed by atoms with Crippen molar-refractivity contribution in [3.8, 4) is 11.5 Å². The molecule has 2 aliphatic heterocycles. The maximum absolute atomic E-state index is 12.3. The highest BCUT2D eigenvalue weighted by molar-refractivity contribution is 5.72. The lowest BCUT2D eigenvalue weighted by Crippen LogP contribution is -3.09. The molecule has 6 heteroatoms. The third-order valence-corrected chi connectivity index (χ3v) is 5.59. The Balaban J connectivity index is 1.44. The van der Waals surface area contributed by atoms with Crippen molar-refractivity contribution in [2.75, 3.05) is 19.8 Å². The summed E-state index contributed by atoms with van der Waals surface area (Å²) in [6.45, 7) is 3.03. The molecule has 0 spiro atoms. The van der Waals surface area contributed by atoms with E-state index in [-0.39, 0.29) is 5.76 Å². The fourth-order valence-electron chi connectivity index (χ4n) is 4.27. The van der Waals surface area contributed by atoms with Gasteiger partial charge in [-0.25, -0.2) is 9.36 Å². The number of benzene rings is 2. The van der Waals surface area contributed by atoms with E-state index >= 15 is 0 Å². The summed E-state index contributed by atoms with van der Waals surface area (Å²) in [5.41, 5.74) is 2.75. The van der Waals surface area contributed by atoms with Crippen LogP contribution in [-0.4, -0.2) is 24.3 Å². The smallest absolute Gasteiger partial charge is 0.424 e. The Kier molecular flexibility index (Phi) is 4.13. The summed E-state index contributed by atoms with van der Waals surface area (Å²) < 4.78 is 18.8. The second kappa shape index (κ2) is 6.78. The second-order valence-corrected chi connectivity index (χ2v) is 7.28. The molecular weight excluding hydrogens is 344 g/mol. The monoisotopic (exact) mass is 367 g/mol. The van der Waals surface area contributed by atoms with Gasteiger partial charge in [0.1, 0.15) is 6.04 Å². The van der Waals surface area contributed by atoms with Crippen molar-refractivity contribution in [3.63, 3.8) is 0 Å². The molecule has 1 N–H and O–H groups in total. The molecule has 3 aromatic rings. The van der Waals surface area contributed by atoms with Gasteiger partial charge in [0.25, 0.3) is 0 Å². The van der Waals surface area contributed by atoms with Gasteiger partial charge in [-0.15, -0.1) is 0 Å². The fourth-order valence-corrected chi connectivity index (χ4v) is 4.27. The Bertz CT molecular complexity index is 1020. The summed E-state index contributed by atoms with van der Waals surface area (Å²) in [6, 6.07) is 14.2. The van der Waals surface area contributed by atoms with Crippen LogP contribution in [0.4, 0.5) is 0 Å². The lowest BCUT2D eigenvalue weighted by atomic mass is 10.0. The Morgan fingerprint density at radius 2 is 1.89 bits per heavy atom. The summed E-state index contributed by atoms with van der Waals surface area (Å²) in [5, 5.41) is 0. The van der Waals surface area contributed by atoms with Crippen molar-refractivity contribution in [1.29, 1.82) is 0 Å². The number of hydrogen-bond acceptors (Lipinski definition) is 4. The van der Waals surface area contributed by atoms with Crippen LogP contribution in [0.15, 0.2) is 51.7 Å². The number of oxazole rings is 1. The SMILES string of the molecule is O=c1oc2ccccc2n1C[NH+]1CCC[C@H]1c1ccc2c(c1)OCCCO2. The van der Waals surface area contributed by atoms with Crippen LogP contribution in [0.1, 0.15) is 30.9 Å². The van der Waals surface area contributed by atoms with Gasteiger partial charge in [-0.1, -0.05) is 12.1 Å². The molecule has 0 amide bonds. The molecule has 1 unspecified atom stereocenters. The summed E-state index contributed by atoms with van der Waals surface area (Å²) in [7, 11) is 0. The van der Waals surface area contributed by atoms with Gasteiger partial charge in [0, 0.05) is 24.8 Å². The maximum atomic E-state index is 12.3. The van der Waals surface area contributed by atoms with Crippen LogP contribution in [0.5, 0.6) is 11.5 Å². The van der Waals surface area contributed by atoms with Gasteiger partial charge in [-0.3, -0.25) is 0 Å². The Morgan fingerprint density at radius 1 is 1.04 bits per heavy atom. The van der Waals surface area contributed by atoms with E-state index in [2.05, 4.69) is 12.1 Å². The standard InChI is InChI=1S/C21H22N2O4/c24-21-23(17-5-1-2-7-18(17)27-21)14-22-10-3-6-16(22)15-8-9-19-20(13-15)26-12-4-11-25-19/h1-2,5,7-9,13,16H,3-4,6,10-12,14H2/p+1/t16-/m0/s1. The summed E-state index contributed by atoms with van der Waals surface area (Å²) >= 11 is 0. The van der Waals surface area contributed by atoms with Crippen molar-refractivity contribution in [1.82, 2.24) is 4.57 Å². The average molecular weight is 367 g/mol. The Hall–Kier alpha value is -2.73. The van der Waals surface area contributed by atoms with Crippen molar-refractivity contribution in [3.05, 3.63) is 58.6 Å². The molecule has 1 saturated heterocycles. The Morgan fingerprint density at radius 3 is 2.81 bits per heavy atom. The van der Waals surface area contributed by atoms with Gasteiger partial charge in [0.2, 0.25) is 0 Å². The van der Waals surface area contributed by atoms with E-state index in [0.29, 0.717) is 31.5 Å². The molecule has 5 rings (SSSR count). The quantitative estimate of drug-likeness (QED) is 0.771. The van der Waals surface area contributed by atoms with E-state index in [1.807, 2.05) is 30.3 Å². The van der Waals surface area contributed by atoms with Crippen molar-refractivity contribution < 1.29 is 18.8 Å². The number of hydrogen-bond donors (Lipinski definition) is 1. The molecule has 3 heterocycles. The van der Waals surface area contributed by atoms with Crippen molar-refractivity contribution in [2.24, 2.45) is 0 Å². The topological polar surface area (TPSA) is 58.0 Å². The number of fused-ring (bicyclic) bond motifs is 2. The van der Waals surface area contributed by atoms with Crippen LogP contribution in [0.2, 0.25) is 0 Å². The van der Waals surface area contributed by atoms with Crippen molar-refractivity contribution >= 4 is 11.1 Å². The number of nitrogens with one attached hydrogen (secondary N) is 1. The van der Waals surface area contributed by atoms with E-state index in [9.17, 15) is 4.79 Å². The lowest BCUT2D eigenvalue weighted by Gasteiger charge is -2.22. The third-order valence-electron chi connectivity index (χ3n) is 5.59. The molecule has 6 nitrogen and oxygen atoms in total. The second-order valence-electron chi connectivity index (χ2n) is 7.28. The molecular formula is C21H23N2O4+. The van der Waals surface area contributed by atoms with Gasteiger partial charge in [-0.2, -0.15) is 0 Å². The number of nitrogens with zero attached hydrogens (tertiary/aromatic N) is 1. The minimum atomic E-state index is -0.284. The molecule has 1 aromatic heterocycles. The van der Waals surface area contributed by atoms with Gasteiger partial charge in [0.05, 0.1) is 25.3 Å². The lowest BCUT2D eigenvalue weighted by molar-refractivity contribution is -0.940. The van der Waals surface area contributed by atoms with Crippen LogP contribution in [-0.2, 0) is 6.67 Å². The van der Waals surface area contributed by atoms with E-state index in [0.717, 1.165) is 42.8 Å². The number of aromatic nitrogens is 1. The van der Waals surface area contributed by atoms with Gasteiger partial charge >= 0.3 is 5.76 Å². The third kappa shape index (κ3) is 3.00. The van der Waals surface area contributed by atoms with Gasteiger partial charge in [0.15, 0.2) is 23.8 Å². The molecule has 0 radical (unpaired) electrons. The molecule has 140 valence electrons. The first-order valence-electron chi connectivity index (χ1n) is 9.62. The molecule has 2 aliphatic rings. The predicted octanol–water partition coefficient (Wildman–Crippen LogP) is 2.13. The van der Waals surface area contributed by atoms with E-state index < -0.39 is 0 Å². The minimum Gasteiger partial charge on any atom is -0.490 e. The molecule has 0 aliphatic carbocycles. The zero-order valence-electron chi connectivity index (χ0n) is 15.1. The van der Waals surface area contributed by atoms with Crippen LogP contribution in [0.25, 0.3) is 11.1 Å². The van der Waals surface area contributed by atoms with E-state index in [1.54, 1.807) is 4.57 Å². The zero-order valence-corrected chi connectivity index (χ0v) is 15.1. The zero-order chi connectivity index (χ0) is 18.2. The first-order valence-corrected chi connectivity index (χ1v) is 9.62. The summed E-state index contributed by atoms with van der Waals surface area (Å²) in [5.74, 6) is 1.38. The molecule has 27 heavy (non-hydrogen) atoms. The van der Waals surface area contributed by atoms with Gasteiger partial charge in [-0.05, 0) is 30.3 Å². The van der Waals surface area contributed by atoms with Crippen molar-refractivity contribution in [2.45, 2.75) is 32.0 Å². The predicted molar refractivity (Wildman–Crippen MR) is 100 cm³/mol. The first-order chi connectivity index (χ1) is 13.3. The average Bonchev–Trinajstić information content (AvgIpc) is 3.18. The molecule has 0 saturated carbocycles.